The molecule has 11 heteroatoms. The van der Waals surface area contributed by atoms with E-state index < -0.39 is 52.4 Å². The minimum absolute atomic E-state index is 0.0242. The van der Waals surface area contributed by atoms with E-state index in [1.54, 1.807) is 0 Å². The van der Waals surface area contributed by atoms with Gasteiger partial charge in [0.15, 0.2) is 11.8 Å². The Morgan fingerprint density at radius 2 is 1.65 bits per heavy atom. The molecule has 2 aliphatic heterocycles. The van der Waals surface area contributed by atoms with Crippen LogP contribution in [0.4, 0.5) is 0 Å². The summed E-state index contributed by atoms with van der Waals surface area (Å²) in [5.74, 6) is 2.44. The number of aromatic amines is 1. The van der Waals surface area contributed by atoms with E-state index in [-0.39, 0.29) is 28.8 Å². The van der Waals surface area contributed by atoms with Crippen molar-refractivity contribution < 1.29 is 22.8 Å². The Kier molecular flexibility index (Phi) is 7.56. The van der Waals surface area contributed by atoms with Crippen LogP contribution in [0.3, 0.4) is 0 Å². The van der Waals surface area contributed by atoms with Crippen LogP contribution in [0.2, 0.25) is 22.2 Å². The lowest BCUT2D eigenvalue weighted by atomic mass is 9.95. The third kappa shape index (κ3) is 4.19. The molecule has 190 valence electrons. The summed E-state index contributed by atoms with van der Waals surface area (Å²) in [5.41, 5.74) is -2.95. The van der Waals surface area contributed by atoms with Gasteiger partial charge in [-0.1, -0.05) is 61.3 Å². The van der Waals surface area contributed by atoms with Crippen LogP contribution >= 0.6 is 0 Å². The molecule has 1 aromatic rings. The molecule has 0 unspecified atom stereocenters. The summed E-state index contributed by atoms with van der Waals surface area (Å²) < 4.78 is 28.0. The summed E-state index contributed by atoms with van der Waals surface area (Å²) in [7, 11) is -5.88. The Morgan fingerprint density at radius 1 is 1.09 bits per heavy atom. The molecule has 2 fully saturated rings. The van der Waals surface area contributed by atoms with E-state index in [4.69, 9.17) is 24.1 Å². The molecule has 3 heterocycles. The van der Waals surface area contributed by atoms with Gasteiger partial charge < -0.3 is 22.8 Å². The SMILES string of the molecule is C#C[C@]1(O)[C@@H]2O[Si](C(C)C)(C(C)C)O[Si](C(C)C)(C(C)C)OC[C@H]2O[C@H]1n1ccc(=O)[nH]c1=O. The smallest absolute Gasteiger partial charge is 0.335 e. The van der Waals surface area contributed by atoms with Crippen LogP contribution in [0.15, 0.2) is 21.9 Å². The molecule has 0 radical (unpaired) electrons. The van der Waals surface area contributed by atoms with Crippen molar-refractivity contribution in [2.75, 3.05) is 6.61 Å². The van der Waals surface area contributed by atoms with E-state index in [9.17, 15) is 14.7 Å². The van der Waals surface area contributed by atoms with Gasteiger partial charge in [-0.25, -0.2) is 4.79 Å². The molecule has 1 aromatic heterocycles. The number of H-pyrrole nitrogens is 1. The van der Waals surface area contributed by atoms with Gasteiger partial charge in [0, 0.05) is 12.3 Å². The normalized spacial score (nSPS) is 30.9. The van der Waals surface area contributed by atoms with Gasteiger partial charge in [-0.2, -0.15) is 0 Å². The van der Waals surface area contributed by atoms with Crippen molar-refractivity contribution >= 4 is 17.1 Å². The van der Waals surface area contributed by atoms with Crippen molar-refractivity contribution in [2.45, 2.75) is 102 Å². The van der Waals surface area contributed by atoms with Crippen LogP contribution in [0.25, 0.3) is 0 Å². The molecular weight excluding hydrogens is 472 g/mol. The molecule has 0 bridgehead atoms. The summed E-state index contributed by atoms with van der Waals surface area (Å²) in [6.45, 7) is 16.8. The molecule has 34 heavy (non-hydrogen) atoms. The maximum Gasteiger partial charge on any atom is 0.335 e. The van der Waals surface area contributed by atoms with Gasteiger partial charge in [0.2, 0.25) is 0 Å². The number of aromatic nitrogens is 2. The Hall–Kier alpha value is -1.53. The highest BCUT2D eigenvalue weighted by Gasteiger charge is 2.65. The third-order valence-corrected chi connectivity index (χ3v) is 17.3. The molecule has 0 amide bonds. The van der Waals surface area contributed by atoms with Crippen molar-refractivity contribution in [1.82, 2.24) is 9.55 Å². The van der Waals surface area contributed by atoms with Crippen LogP contribution in [0.5, 0.6) is 0 Å². The molecule has 9 nitrogen and oxygen atoms in total. The second kappa shape index (κ2) is 9.50. The van der Waals surface area contributed by atoms with Gasteiger partial charge in [-0.15, -0.1) is 6.42 Å². The van der Waals surface area contributed by atoms with E-state index in [1.165, 1.54) is 12.3 Å². The van der Waals surface area contributed by atoms with E-state index in [0.717, 1.165) is 4.57 Å². The Labute approximate surface area is 203 Å². The second-order valence-corrected chi connectivity index (χ2v) is 19.4. The number of fused-ring (bicyclic) bond motifs is 1. The van der Waals surface area contributed by atoms with Gasteiger partial charge in [0.25, 0.3) is 5.56 Å². The van der Waals surface area contributed by atoms with E-state index >= 15 is 0 Å². The first-order valence-electron chi connectivity index (χ1n) is 11.9. The number of rotatable bonds is 5. The number of terminal acetylenes is 1. The summed E-state index contributed by atoms with van der Waals surface area (Å²) in [5, 5.41) is 11.7. The van der Waals surface area contributed by atoms with Crippen molar-refractivity contribution in [3.05, 3.63) is 33.1 Å². The van der Waals surface area contributed by atoms with Gasteiger partial charge in [0.05, 0.1) is 6.61 Å². The van der Waals surface area contributed by atoms with Crippen LogP contribution in [-0.4, -0.2) is 56.2 Å². The van der Waals surface area contributed by atoms with Gasteiger partial charge in [-0.05, 0) is 22.2 Å². The zero-order chi connectivity index (χ0) is 25.6. The summed E-state index contributed by atoms with van der Waals surface area (Å²) in [4.78, 5) is 26.4. The molecule has 2 N–H and O–H groups in total. The van der Waals surface area contributed by atoms with Crippen molar-refractivity contribution in [2.24, 2.45) is 0 Å². The average molecular weight is 511 g/mol. The molecule has 3 rings (SSSR count). The predicted molar refractivity (Wildman–Crippen MR) is 133 cm³/mol. The van der Waals surface area contributed by atoms with Crippen LogP contribution < -0.4 is 11.2 Å². The van der Waals surface area contributed by atoms with Crippen LogP contribution in [-0.2, 0) is 17.7 Å². The molecule has 0 saturated carbocycles. The molecule has 0 aromatic carbocycles. The topological polar surface area (TPSA) is 112 Å². The zero-order valence-corrected chi connectivity index (χ0v) is 23.3. The quantitative estimate of drug-likeness (QED) is 0.463. The fourth-order valence-electron chi connectivity index (χ4n) is 5.22. The first kappa shape index (κ1) is 27.1. The van der Waals surface area contributed by atoms with Crippen molar-refractivity contribution in [3.8, 4) is 12.3 Å². The zero-order valence-electron chi connectivity index (χ0n) is 21.3. The van der Waals surface area contributed by atoms with Crippen molar-refractivity contribution in [3.63, 3.8) is 0 Å². The summed E-state index contributed by atoms with van der Waals surface area (Å²) in [6.07, 6.45) is 4.14. The van der Waals surface area contributed by atoms with Gasteiger partial charge >= 0.3 is 22.8 Å². The van der Waals surface area contributed by atoms with E-state index in [1.807, 2.05) is 0 Å². The highest BCUT2D eigenvalue weighted by Crippen LogP contribution is 2.50. The largest absolute Gasteiger partial charge is 0.414 e. The van der Waals surface area contributed by atoms with Gasteiger partial charge in [-0.3, -0.25) is 14.3 Å². The number of nitrogens with zero attached hydrogens (tertiary/aromatic N) is 1. The van der Waals surface area contributed by atoms with Crippen LogP contribution in [0.1, 0.15) is 61.6 Å². The minimum Gasteiger partial charge on any atom is -0.414 e. The highest BCUT2D eigenvalue weighted by molar-refractivity contribution is 6.84. The number of hydrogen-bond acceptors (Lipinski definition) is 7. The van der Waals surface area contributed by atoms with E-state index in [0.29, 0.717) is 0 Å². The fourth-order valence-corrected chi connectivity index (χ4v) is 16.4. The van der Waals surface area contributed by atoms with Crippen LogP contribution in [0, 0.1) is 12.3 Å². The Bertz CT molecular complexity index is 1030. The Balaban J connectivity index is 2.19. The predicted octanol–water partition coefficient (Wildman–Crippen LogP) is 2.75. The first-order valence-corrected chi connectivity index (χ1v) is 15.9. The summed E-state index contributed by atoms with van der Waals surface area (Å²) in [6, 6.07) is 1.18. The third-order valence-electron chi connectivity index (χ3n) is 7.11. The second-order valence-electron chi connectivity index (χ2n) is 10.5. The minimum atomic E-state index is -3.07. The lowest BCUT2D eigenvalue weighted by Crippen LogP contribution is -2.67. The summed E-state index contributed by atoms with van der Waals surface area (Å²) >= 11 is 0. The monoisotopic (exact) mass is 510 g/mol. The fraction of sp³-hybridized carbons (Fsp3) is 0.739. The lowest BCUT2D eigenvalue weighted by molar-refractivity contribution is -0.0750. The number of aliphatic hydroxyl groups is 1. The van der Waals surface area contributed by atoms with E-state index in [2.05, 4.69) is 66.3 Å². The average Bonchev–Trinajstić information content (AvgIpc) is 2.98. The molecule has 4 atom stereocenters. The van der Waals surface area contributed by atoms with Gasteiger partial charge in [0.1, 0.15) is 12.2 Å². The highest BCUT2D eigenvalue weighted by atomic mass is 28.5. The number of nitrogens with one attached hydrogen (secondary N) is 1. The molecule has 2 aliphatic rings. The number of ether oxygens (including phenoxy) is 1. The lowest BCUT2D eigenvalue weighted by Gasteiger charge is -2.51. The maximum absolute atomic E-state index is 12.6. The standard InChI is InChI=1S/C23H38N2O7Si2/c1-10-23(28)20-18(30-21(23)25-12-11-19(26)24-22(25)27)13-29-33(14(2)3,15(4)5)32-34(31-20,16(6)7)17(8)9/h1,11-12,14-18,20-21,28H,13H2,2-9H3,(H,24,26,27)/t18-,20-,21-,23+/m1/s1. The molecular formula is C23H38N2O7Si2. The maximum atomic E-state index is 12.6. The molecule has 2 saturated heterocycles. The molecule has 0 aliphatic carbocycles. The number of hydrogen-bond donors (Lipinski definition) is 2. The van der Waals surface area contributed by atoms with Crippen molar-refractivity contribution in [1.29, 1.82) is 0 Å². The molecule has 0 spiro atoms. The first-order chi connectivity index (χ1) is 15.7. The Morgan fingerprint density at radius 3 is 2.12 bits per heavy atom.